The SMILES string of the molecule is CC1=[N+](CCOCCOc2cc(OCCOCC[N+]3=C(C)C(C)(C)c4cc(S(=O)(=O)O)ccc43)cc(C(=O)O)c2)c2ccc(SOOO)cc2C1(C)C. The van der Waals surface area contributed by atoms with E-state index in [9.17, 15) is 22.9 Å². The van der Waals surface area contributed by atoms with Crippen LogP contribution >= 0.6 is 12.0 Å². The van der Waals surface area contributed by atoms with Crippen molar-refractivity contribution >= 4 is 50.9 Å². The van der Waals surface area contributed by atoms with Crippen LogP contribution in [0.25, 0.3) is 0 Å². The van der Waals surface area contributed by atoms with Crippen molar-refractivity contribution < 1.29 is 65.6 Å². The summed E-state index contributed by atoms with van der Waals surface area (Å²) in [6, 6.07) is 15.0. The minimum atomic E-state index is -4.32. The molecule has 0 spiro atoms. The van der Waals surface area contributed by atoms with Gasteiger partial charge in [-0.3, -0.25) is 4.55 Å². The Balaban J connectivity index is 1.07. The fourth-order valence-electron chi connectivity index (χ4n) is 6.59. The Morgan fingerprint density at radius 1 is 0.736 bits per heavy atom. The summed E-state index contributed by atoms with van der Waals surface area (Å²) in [6.07, 6.45) is 0. The molecule has 0 radical (unpaired) electrons. The highest BCUT2D eigenvalue weighted by Crippen LogP contribution is 2.42. The van der Waals surface area contributed by atoms with E-state index in [0.717, 1.165) is 45.2 Å². The first kappa shape index (κ1) is 40.3. The average Bonchev–Trinajstić information content (AvgIpc) is 3.42. The van der Waals surface area contributed by atoms with E-state index in [1.165, 1.54) is 30.0 Å². The summed E-state index contributed by atoms with van der Waals surface area (Å²) in [5.74, 6) is -0.444. The molecule has 2 aliphatic heterocycles. The third-order valence-corrected chi connectivity index (χ3v) is 11.4. The molecular formula is C37H46N2O12S2+2. The molecule has 0 fully saturated rings. The number of rotatable bonds is 19. The van der Waals surface area contributed by atoms with Gasteiger partial charge in [0.15, 0.2) is 24.5 Å². The van der Waals surface area contributed by atoms with Gasteiger partial charge >= 0.3 is 5.97 Å². The fraction of sp³-hybridized carbons (Fsp3) is 0.432. The Labute approximate surface area is 313 Å². The van der Waals surface area contributed by atoms with Gasteiger partial charge < -0.3 is 24.1 Å². The number of benzene rings is 3. The lowest BCUT2D eigenvalue weighted by atomic mass is 9.82. The van der Waals surface area contributed by atoms with Crippen LogP contribution in [0.15, 0.2) is 64.4 Å². The maximum absolute atomic E-state index is 11.8. The Kier molecular flexibility index (Phi) is 12.7. The van der Waals surface area contributed by atoms with Crippen molar-refractivity contribution in [2.75, 3.05) is 52.7 Å². The molecule has 0 saturated heterocycles. The van der Waals surface area contributed by atoms with Crippen molar-refractivity contribution in [1.29, 1.82) is 0 Å². The largest absolute Gasteiger partial charge is 0.491 e. The number of hydrogen-bond acceptors (Lipinski definition) is 11. The lowest BCUT2D eigenvalue weighted by Gasteiger charge is -2.15. The van der Waals surface area contributed by atoms with Crippen molar-refractivity contribution in [3.05, 3.63) is 71.3 Å². The number of carboxylic acids is 1. The first-order valence-corrected chi connectivity index (χ1v) is 19.2. The summed E-state index contributed by atoms with van der Waals surface area (Å²) >= 11 is 0.923. The predicted molar refractivity (Wildman–Crippen MR) is 196 cm³/mol. The average molecular weight is 775 g/mol. The number of aromatic carboxylic acids is 1. The topological polar surface area (TPSA) is 173 Å². The van der Waals surface area contributed by atoms with E-state index in [2.05, 4.69) is 39.3 Å². The van der Waals surface area contributed by atoms with Crippen molar-refractivity contribution in [3.63, 3.8) is 0 Å². The van der Waals surface area contributed by atoms with Crippen LogP contribution in [0.1, 0.15) is 63.0 Å². The summed E-state index contributed by atoms with van der Waals surface area (Å²) < 4.78 is 65.1. The van der Waals surface area contributed by atoms with Crippen LogP contribution in [-0.4, -0.2) is 103 Å². The molecule has 16 heteroatoms. The summed E-state index contributed by atoms with van der Waals surface area (Å²) in [4.78, 5) is 12.5. The Bertz CT molecular complexity index is 2030. The van der Waals surface area contributed by atoms with Gasteiger partial charge in [0.25, 0.3) is 10.1 Å². The van der Waals surface area contributed by atoms with E-state index in [1.54, 1.807) is 12.1 Å². The normalized spacial score (nSPS) is 15.8. The predicted octanol–water partition coefficient (Wildman–Crippen LogP) is 6.04. The number of fused-ring (bicyclic) bond motifs is 2. The quantitative estimate of drug-likeness (QED) is 0.0322. The van der Waals surface area contributed by atoms with Crippen LogP contribution < -0.4 is 9.47 Å². The second-order valence-electron chi connectivity index (χ2n) is 13.7. The molecule has 2 heterocycles. The smallest absolute Gasteiger partial charge is 0.335 e. The van der Waals surface area contributed by atoms with Crippen LogP contribution in [0.5, 0.6) is 11.5 Å². The maximum atomic E-state index is 11.8. The molecule has 0 unspecified atom stereocenters. The second-order valence-corrected chi connectivity index (χ2v) is 15.9. The zero-order valence-corrected chi connectivity index (χ0v) is 32.2. The van der Waals surface area contributed by atoms with E-state index in [-0.39, 0.29) is 42.3 Å². The third-order valence-electron chi connectivity index (χ3n) is 9.98. The number of nitrogens with zero attached hydrogens (tertiary/aromatic N) is 2. The second kappa shape index (κ2) is 16.7. The summed E-state index contributed by atoms with van der Waals surface area (Å²) in [5, 5.41) is 21.9. The first-order chi connectivity index (χ1) is 25.0. The highest BCUT2D eigenvalue weighted by atomic mass is 32.2. The van der Waals surface area contributed by atoms with Crippen molar-refractivity contribution in [2.45, 2.75) is 62.2 Å². The van der Waals surface area contributed by atoms with Gasteiger partial charge in [0, 0.05) is 48.1 Å². The molecule has 53 heavy (non-hydrogen) atoms. The van der Waals surface area contributed by atoms with Crippen LogP contribution in [0, 0.1) is 0 Å². The molecule has 0 amide bonds. The lowest BCUT2D eigenvalue weighted by molar-refractivity contribution is -0.443. The van der Waals surface area contributed by atoms with Gasteiger partial charge in [-0.1, -0.05) is 5.04 Å². The molecule has 0 bridgehead atoms. The summed E-state index contributed by atoms with van der Waals surface area (Å²) in [5.41, 5.74) is 5.43. The molecule has 3 N–H and O–H groups in total. The molecule has 0 aromatic heterocycles. The van der Waals surface area contributed by atoms with Gasteiger partial charge in [-0.15, -0.1) is 4.33 Å². The van der Waals surface area contributed by atoms with Gasteiger partial charge in [0.05, 0.1) is 46.5 Å². The van der Waals surface area contributed by atoms with E-state index in [4.69, 9.17) is 24.2 Å². The van der Waals surface area contributed by atoms with Gasteiger partial charge in [-0.25, -0.2) is 10.1 Å². The Hall–Kier alpha value is -3.87. The minimum Gasteiger partial charge on any atom is -0.491 e. The molecule has 2 aliphatic rings. The zero-order valence-electron chi connectivity index (χ0n) is 30.6. The minimum absolute atomic E-state index is 0.0242. The Morgan fingerprint density at radius 2 is 1.25 bits per heavy atom. The molecule has 0 aliphatic carbocycles. The maximum Gasteiger partial charge on any atom is 0.335 e. The number of carboxylic acid groups (broad SMARTS) is 1. The Morgan fingerprint density at radius 3 is 1.74 bits per heavy atom. The van der Waals surface area contributed by atoms with Gasteiger partial charge in [0.2, 0.25) is 11.4 Å². The number of ether oxygens (including phenoxy) is 4. The van der Waals surface area contributed by atoms with Crippen LogP contribution in [-0.2, 0) is 39.8 Å². The van der Waals surface area contributed by atoms with Crippen LogP contribution in [0.4, 0.5) is 11.4 Å². The molecule has 5 rings (SSSR count). The van der Waals surface area contributed by atoms with E-state index in [1.807, 2.05) is 39.0 Å². The lowest BCUT2D eigenvalue weighted by Crippen LogP contribution is -2.27. The van der Waals surface area contributed by atoms with E-state index >= 15 is 0 Å². The van der Waals surface area contributed by atoms with E-state index in [0.29, 0.717) is 37.8 Å². The van der Waals surface area contributed by atoms with Crippen molar-refractivity contribution in [3.8, 4) is 11.5 Å². The molecule has 0 saturated carbocycles. The molecular weight excluding hydrogens is 729 g/mol. The first-order valence-electron chi connectivity index (χ1n) is 17.0. The highest BCUT2D eigenvalue weighted by molar-refractivity contribution is 7.94. The monoisotopic (exact) mass is 774 g/mol. The van der Waals surface area contributed by atoms with Crippen LogP contribution in [0.2, 0.25) is 0 Å². The third kappa shape index (κ3) is 9.09. The fourth-order valence-corrected chi connectivity index (χ4v) is 7.49. The number of carbonyl (C=O) groups is 1. The summed E-state index contributed by atoms with van der Waals surface area (Å²) in [6.45, 7) is 15.2. The van der Waals surface area contributed by atoms with Crippen LogP contribution in [0.3, 0.4) is 0 Å². The molecule has 286 valence electrons. The number of hydrogen-bond donors (Lipinski definition) is 3. The van der Waals surface area contributed by atoms with E-state index < -0.39 is 21.5 Å². The van der Waals surface area contributed by atoms with Crippen molar-refractivity contribution in [2.24, 2.45) is 0 Å². The van der Waals surface area contributed by atoms with Gasteiger partial charge in [-0.2, -0.15) is 17.6 Å². The van der Waals surface area contributed by atoms with Gasteiger partial charge in [-0.05, 0) is 64.1 Å². The van der Waals surface area contributed by atoms with Crippen molar-refractivity contribution in [1.82, 2.24) is 0 Å². The molecule has 0 atom stereocenters. The highest BCUT2D eigenvalue weighted by Gasteiger charge is 2.44. The molecule has 3 aromatic carbocycles. The summed E-state index contributed by atoms with van der Waals surface area (Å²) in [7, 11) is -4.32. The zero-order chi connectivity index (χ0) is 38.6. The molecule has 14 nitrogen and oxygen atoms in total. The molecule has 3 aromatic rings. The standard InChI is InChI=1S/C37H44N2O12S2/c1-24-36(3,4)31-22-29(52-51-50-42)7-9-33(31)38(24)11-13-46-15-17-48-27-19-26(35(40)41)20-28(21-27)49-18-16-47-14-12-39-25(2)37(5,6)32-23-30(53(43,44)45)8-10-34(32)39/h7-10,19-23H,11-18H2,1-6H3,(H-2,40,41,42,43,44,45)/p+2. The van der Waals surface area contributed by atoms with Gasteiger partial charge in [0.1, 0.15) is 37.9 Å².